The lowest BCUT2D eigenvalue weighted by Gasteiger charge is -2.36. The maximum atomic E-state index is 2.60. The minimum Gasteiger partial charge on any atom is -0.338 e. The summed E-state index contributed by atoms with van der Waals surface area (Å²) in [6.07, 6.45) is 39.3. The molecule has 0 spiro atoms. The van der Waals surface area contributed by atoms with Crippen LogP contribution >= 0.6 is 0 Å². The van der Waals surface area contributed by atoms with Gasteiger partial charge in [-0.1, -0.05) is 146 Å². The molecule has 1 aromatic heterocycles. The SMILES string of the molecule is C1=CCCC(c2ccc(-n3c4c(c5ccccc53)=CC(c3ccc(N(C5=CC=C(C6=CCCC=C6)CC5)C5C=CC(c6ccccc6)=CC5)cc3)CC=4)cc2)=C1. The Bertz CT molecular complexity index is 2670. The number of benzene rings is 4. The molecule has 10 rings (SSSR count). The predicted octanol–water partition coefficient (Wildman–Crippen LogP) is 12.2. The average Bonchev–Trinajstić information content (AvgIpc) is 3.62. The Hall–Kier alpha value is -6.12. The van der Waals surface area contributed by atoms with Crippen LogP contribution in [0.4, 0.5) is 5.69 Å². The van der Waals surface area contributed by atoms with E-state index in [1.165, 1.54) is 77.5 Å². The van der Waals surface area contributed by atoms with Crippen molar-refractivity contribution in [3.8, 4) is 5.69 Å². The maximum absolute atomic E-state index is 2.60. The van der Waals surface area contributed by atoms with Gasteiger partial charge in [0.05, 0.1) is 11.6 Å². The van der Waals surface area contributed by atoms with Crippen molar-refractivity contribution in [3.63, 3.8) is 0 Å². The summed E-state index contributed by atoms with van der Waals surface area (Å²) >= 11 is 0. The third-order valence-corrected chi connectivity index (χ3v) is 12.3. The normalized spacial score (nSPS) is 20.2. The number of allylic oxidation sites excluding steroid dienone is 14. The van der Waals surface area contributed by atoms with Gasteiger partial charge in [-0.3, -0.25) is 0 Å². The van der Waals surface area contributed by atoms with Gasteiger partial charge in [0.25, 0.3) is 0 Å². The van der Waals surface area contributed by atoms with Crippen molar-refractivity contribution in [2.45, 2.75) is 63.3 Å². The maximum Gasteiger partial charge on any atom is 0.0557 e. The van der Waals surface area contributed by atoms with E-state index in [4.69, 9.17) is 0 Å². The van der Waals surface area contributed by atoms with E-state index in [9.17, 15) is 0 Å². The van der Waals surface area contributed by atoms with Crippen LogP contribution in [0.2, 0.25) is 0 Å². The van der Waals surface area contributed by atoms with Gasteiger partial charge >= 0.3 is 0 Å². The third-order valence-electron chi connectivity index (χ3n) is 12.3. The molecule has 2 nitrogen and oxygen atoms in total. The zero-order valence-electron chi connectivity index (χ0n) is 32.0. The lowest BCUT2D eigenvalue weighted by Crippen LogP contribution is -2.34. The Morgan fingerprint density at radius 1 is 0.589 bits per heavy atom. The number of fused-ring (bicyclic) bond motifs is 3. The second-order valence-electron chi connectivity index (χ2n) is 15.7. The molecule has 2 heteroatoms. The van der Waals surface area contributed by atoms with E-state index < -0.39 is 0 Å². The second kappa shape index (κ2) is 15.2. The number of hydrogen-bond acceptors (Lipinski definition) is 1. The van der Waals surface area contributed by atoms with Crippen molar-refractivity contribution < 1.29 is 0 Å². The molecule has 1 heterocycles. The van der Waals surface area contributed by atoms with Gasteiger partial charge in [0, 0.05) is 38.9 Å². The highest BCUT2D eigenvalue weighted by Crippen LogP contribution is 2.37. The lowest BCUT2D eigenvalue weighted by atomic mass is 9.89. The summed E-state index contributed by atoms with van der Waals surface area (Å²) in [7, 11) is 0. The Balaban J connectivity index is 0.963. The molecule has 56 heavy (non-hydrogen) atoms. The summed E-state index contributed by atoms with van der Waals surface area (Å²) in [5, 5.41) is 3.97. The first-order chi connectivity index (χ1) is 27.8. The van der Waals surface area contributed by atoms with Crippen LogP contribution in [0.3, 0.4) is 0 Å². The smallest absolute Gasteiger partial charge is 0.0557 e. The summed E-state index contributed by atoms with van der Waals surface area (Å²) in [6.45, 7) is 0. The highest BCUT2D eigenvalue weighted by Gasteiger charge is 2.25. The average molecular weight is 725 g/mol. The van der Waals surface area contributed by atoms with Crippen molar-refractivity contribution >= 4 is 39.9 Å². The molecule has 5 aromatic rings. The number of anilines is 1. The highest BCUT2D eigenvalue weighted by atomic mass is 15.2. The van der Waals surface area contributed by atoms with E-state index in [1.54, 1.807) is 0 Å². The fraction of sp³-hybridized carbons (Fsp3) is 0.185. The first-order valence-corrected chi connectivity index (χ1v) is 20.6. The topological polar surface area (TPSA) is 8.17 Å². The Morgan fingerprint density at radius 3 is 2.20 bits per heavy atom. The second-order valence-corrected chi connectivity index (χ2v) is 15.7. The van der Waals surface area contributed by atoms with E-state index in [-0.39, 0.29) is 6.04 Å². The van der Waals surface area contributed by atoms with Crippen LogP contribution in [-0.4, -0.2) is 10.6 Å². The zero-order valence-corrected chi connectivity index (χ0v) is 32.0. The molecule has 2 atom stereocenters. The molecule has 0 saturated carbocycles. The molecule has 0 fully saturated rings. The lowest BCUT2D eigenvalue weighted by molar-refractivity contribution is 0.716. The number of aromatic nitrogens is 1. The molecule has 0 bridgehead atoms. The summed E-state index contributed by atoms with van der Waals surface area (Å²) < 4.78 is 2.46. The Labute approximate surface area is 331 Å². The van der Waals surface area contributed by atoms with E-state index >= 15 is 0 Å². The van der Waals surface area contributed by atoms with Gasteiger partial charge in [-0.2, -0.15) is 0 Å². The van der Waals surface area contributed by atoms with E-state index in [2.05, 4.69) is 192 Å². The fourth-order valence-corrected chi connectivity index (χ4v) is 9.36. The molecule has 0 aliphatic heterocycles. The van der Waals surface area contributed by atoms with Crippen molar-refractivity contribution in [2.75, 3.05) is 4.90 Å². The van der Waals surface area contributed by atoms with Crippen molar-refractivity contribution in [2.24, 2.45) is 0 Å². The zero-order chi connectivity index (χ0) is 37.3. The molecular formula is C54H48N2. The summed E-state index contributed by atoms with van der Waals surface area (Å²) in [5.41, 5.74) is 14.7. The van der Waals surface area contributed by atoms with Crippen molar-refractivity contribution in [1.29, 1.82) is 0 Å². The standard InChI is InChI=1S/C54H48N2/c1-4-12-39(13-5-1)42-20-29-47(30-21-42)55(48-31-22-43(23-32-48)40-14-6-2-7-15-40)49-33-26-45(27-34-49)46-28-37-54-52(38-46)51-18-10-11-19-53(51)56(54)50-35-24-44(25-36-50)41-16-8-3-9-17-41/h1,3-6,8,10-16,18-22,24-27,29,31,33-38,46-47H,2,7,9,17,23,28,30,32H2. The van der Waals surface area contributed by atoms with Crippen LogP contribution in [0.15, 0.2) is 187 Å². The molecule has 5 aliphatic rings. The highest BCUT2D eigenvalue weighted by molar-refractivity contribution is 5.85. The van der Waals surface area contributed by atoms with Crippen LogP contribution < -0.4 is 15.5 Å². The molecule has 0 saturated heterocycles. The van der Waals surface area contributed by atoms with Crippen LogP contribution in [0.1, 0.15) is 74.0 Å². The summed E-state index contributed by atoms with van der Waals surface area (Å²) in [6, 6.07) is 38.7. The van der Waals surface area contributed by atoms with E-state index in [0.717, 1.165) is 51.4 Å². The van der Waals surface area contributed by atoms with Crippen molar-refractivity contribution in [3.05, 3.63) is 214 Å². The molecule has 4 aromatic carbocycles. The van der Waals surface area contributed by atoms with Crippen LogP contribution in [0, 0.1) is 0 Å². The molecule has 2 unspecified atom stereocenters. The van der Waals surface area contributed by atoms with Gasteiger partial charge in [0.1, 0.15) is 0 Å². The first-order valence-electron chi connectivity index (χ1n) is 20.6. The number of nitrogens with zero attached hydrogens (tertiary/aromatic N) is 2. The quantitative estimate of drug-likeness (QED) is 0.155. The van der Waals surface area contributed by atoms with Gasteiger partial charge in [-0.05, 0) is 127 Å². The molecular weight excluding hydrogens is 677 g/mol. The van der Waals surface area contributed by atoms with Crippen LogP contribution in [-0.2, 0) is 0 Å². The van der Waals surface area contributed by atoms with Gasteiger partial charge in [0.15, 0.2) is 0 Å². The molecule has 0 radical (unpaired) electrons. The summed E-state index contributed by atoms with van der Waals surface area (Å²) in [5.74, 6) is 0.320. The Morgan fingerprint density at radius 2 is 1.45 bits per heavy atom. The van der Waals surface area contributed by atoms with E-state index in [1.807, 2.05) is 0 Å². The Kier molecular flexibility index (Phi) is 9.33. The number of rotatable bonds is 8. The molecule has 274 valence electrons. The molecule has 0 amide bonds. The first kappa shape index (κ1) is 34.4. The fourth-order valence-electron chi connectivity index (χ4n) is 9.36. The number of para-hydroxylation sites is 1. The van der Waals surface area contributed by atoms with Crippen LogP contribution in [0.25, 0.3) is 39.9 Å². The van der Waals surface area contributed by atoms with E-state index in [0.29, 0.717) is 5.92 Å². The van der Waals surface area contributed by atoms with Gasteiger partial charge in [-0.15, -0.1) is 0 Å². The number of hydrogen-bond donors (Lipinski definition) is 0. The van der Waals surface area contributed by atoms with Crippen LogP contribution in [0.5, 0.6) is 0 Å². The van der Waals surface area contributed by atoms with Gasteiger partial charge < -0.3 is 9.47 Å². The molecule has 0 N–H and O–H groups in total. The summed E-state index contributed by atoms with van der Waals surface area (Å²) in [4.78, 5) is 2.60. The van der Waals surface area contributed by atoms with Crippen molar-refractivity contribution in [1.82, 2.24) is 4.57 Å². The minimum atomic E-state index is 0.261. The minimum absolute atomic E-state index is 0.261. The predicted molar refractivity (Wildman–Crippen MR) is 238 cm³/mol. The largest absolute Gasteiger partial charge is 0.338 e. The third kappa shape index (κ3) is 6.64. The molecule has 5 aliphatic carbocycles. The monoisotopic (exact) mass is 724 g/mol. The van der Waals surface area contributed by atoms with Gasteiger partial charge in [-0.25, -0.2) is 0 Å². The van der Waals surface area contributed by atoms with Gasteiger partial charge in [0.2, 0.25) is 0 Å².